The van der Waals surface area contributed by atoms with Crippen LogP contribution in [0.25, 0.3) is 22.1 Å². The summed E-state index contributed by atoms with van der Waals surface area (Å²) < 4.78 is 17.9. The van der Waals surface area contributed by atoms with Crippen molar-refractivity contribution in [1.29, 1.82) is 0 Å². The van der Waals surface area contributed by atoms with Crippen molar-refractivity contribution in [2.75, 3.05) is 6.61 Å². The van der Waals surface area contributed by atoms with Gasteiger partial charge in [-0.15, -0.1) is 0 Å². The van der Waals surface area contributed by atoms with Crippen molar-refractivity contribution in [3.63, 3.8) is 0 Å². The fourth-order valence-electron chi connectivity index (χ4n) is 4.04. The molecule has 6 nitrogen and oxygen atoms in total. The average Bonchev–Trinajstić information content (AvgIpc) is 3.55. The second-order valence-electron chi connectivity index (χ2n) is 8.89. The summed E-state index contributed by atoms with van der Waals surface area (Å²) in [7, 11) is 0. The molecule has 6 heteroatoms. The van der Waals surface area contributed by atoms with Gasteiger partial charge in [0, 0.05) is 29.3 Å². The van der Waals surface area contributed by atoms with Crippen LogP contribution in [-0.2, 0) is 11.2 Å². The molecule has 0 saturated heterocycles. The van der Waals surface area contributed by atoms with Crippen LogP contribution in [0.4, 0.5) is 0 Å². The molecule has 0 atom stereocenters. The Morgan fingerprint density at radius 2 is 1.97 bits per heavy atom. The van der Waals surface area contributed by atoms with Crippen molar-refractivity contribution < 1.29 is 18.7 Å². The number of carbonyl (C=O) groups is 1. The molecule has 1 saturated carbocycles. The van der Waals surface area contributed by atoms with E-state index in [1.807, 2.05) is 50.2 Å². The Labute approximate surface area is 180 Å². The molecule has 1 aliphatic carbocycles. The molecule has 160 valence electrons. The number of aryl methyl sites for hydroxylation is 1. The van der Waals surface area contributed by atoms with Crippen molar-refractivity contribution in [3.05, 3.63) is 58.4 Å². The van der Waals surface area contributed by atoms with E-state index >= 15 is 0 Å². The summed E-state index contributed by atoms with van der Waals surface area (Å²) in [6.07, 6.45) is 3.56. The largest absolute Gasteiger partial charge is 0.487 e. The first-order valence-corrected chi connectivity index (χ1v) is 10.7. The zero-order chi connectivity index (χ0) is 21.6. The first-order chi connectivity index (χ1) is 14.9. The average molecular weight is 419 g/mol. The number of fused-ring (bicyclic) bond motifs is 3. The lowest BCUT2D eigenvalue weighted by Crippen LogP contribution is -2.33. The third-order valence-electron chi connectivity index (χ3n) is 5.79. The zero-order valence-corrected chi connectivity index (χ0v) is 17.7. The summed E-state index contributed by atoms with van der Waals surface area (Å²) in [5, 5.41) is 3.62. The van der Waals surface area contributed by atoms with Crippen LogP contribution >= 0.6 is 0 Å². The summed E-state index contributed by atoms with van der Waals surface area (Å²) in [5.74, 6) is 0.947. The summed E-state index contributed by atoms with van der Waals surface area (Å²) in [5.41, 5.74) is 2.17. The number of rotatable bonds is 5. The summed E-state index contributed by atoms with van der Waals surface area (Å²) in [4.78, 5) is 24.7. The molecule has 1 N–H and O–H groups in total. The maximum absolute atomic E-state index is 12.5. The number of hydrogen-bond acceptors (Lipinski definition) is 5. The lowest BCUT2D eigenvalue weighted by molar-refractivity contribution is -0.123. The van der Waals surface area contributed by atoms with Crippen molar-refractivity contribution >= 4 is 16.9 Å². The Balaban J connectivity index is 1.67. The van der Waals surface area contributed by atoms with Crippen LogP contribution in [0.2, 0.25) is 0 Å². The maximum Gasteiger partial charge on any atom is 0.336 e. The first-order valence-electron chi connectivity index (χ1n) is 10.7. The van der Waals surface area contributed by atoms with Crippen molar-refractivity contribution in [2.24, 2.45) is 0 Å². The maximum atomic E-state index is 12.5. The molecule has 1 aromatic heterocycles. The van der Waals surface area contributed by atoms with Crippen LogP contribution in [0.3, 0.4) is 0 Å². The van der Waals surface area contributed by atoms with Gasteiger partial charge in [0.25, 0.3) is 5.91 Å². The van der Waals surface area contributed by atoms with E-state index in [0.717, 1.165) is 42.4 Å². The molecular formula is C25H25NO5. The van der Waals surface area contributed by atoms with Gasteiger partial charge >= 0.3 is 5.63 Å². The Morgan fingerprint density at radius 3 is 2.71 bits per heavy atom. The number of hydrogen-bond donors (Lipinski definition) is 1. The number of amides is 1. The normalized spacial score (nSPS) is 17.0. The summed E-state index contributed by atoms with van der Waals surface area (Å²) in [6, 6.07) is 13.2. The minimum absolute atomic E-state index is 0.110. The van der Waals surface area contributed by atoms with Crippen LogP contribution in [0, 0.1) is 0 Å². The molecule has 1 aliphatic heterocycles. The topological polar surface area (TPSA) is 77.8 Å². The monoisotopic (exact) mass is 419 g/mol. The van der Waals surface area contributed by atoms with Gasteiger partial charge in [-0.1, -0.05) is 30.3 Å². The van der Waals surface area contributed by atoms with Gasteiger partial charge in [-0.05, 0) is 45.1 Å². The van der Waals surface area contributed by atoms with Gasteiger partial charge in [0.15, 0.2) is 6.61 Å². The van der Waals surface area contributed by atoms with Gasteiger partial charge in [0.05, 0.1) is 5.39 Å². The Hall–Kier alpha value is -3.28. The lowest BCUT2D eigenvalue weighted by atomic mass is 9.91. The molecule has 0 radical (unpaired) electrons. The van der Waals surface area contributed by atoms with Gasteiger partial charge in [-0.2, -0.15) is 0 Å². The van der Waals surface area contributed by atoms with E-state index in [-0.39, 0.29) is 24.2 Å². The molecular weight excluding hydrogens is 394 g/mol. The first kappa shape index (κ1) is 19.7. The predicted molar refractivity (Wildman–Crippen MR) is 118 cm³/mol. The minimum Gasteiger partial charge on any atom is -0.487 e. The molecule has 2 aliphatic rings. The predicted octanol–water partition coefficient (Wildman–Crippen LogP) is 4.22. The van der Waals surface area contributed by atoms with E-state index in [4.69, 9.17) is 13.9 Å². The van der Waals surface area contributed by atoms with E-state index in [1.165, 1.54) is 6.07 Å². The highest BCUT2D eigenvalue weighted by Gasteiger charge is 2.31. The standard InChI is InChI=1S/C25H25NO5/c1-25(2)11-10-17-19(31-25)13-20(29-14-21(27)26-16-8-9-16)23-18(12-22(28)30-24(17)23)15-6-4-3-5-7-15/h3-7,12-13,16H,8-11,14H2,1-2H3,(H,26,27). The number of benzene rings is 2. The van der Waals surface area contributed by atoms with Crippen LogP contribution in [0.1, 0.15) is 38.7 Å². The van der Waals surface area contributed by atoms with E-state index in [2.05, 4.69) is 5.32 Å². The Bertz CT molecular complexity index is 1210. The van der Waals surface area contributed by atoms with Gasteiger partial charge in [0.2, 0.25) is 0 Å². The van der Waals surface area contributed by atoms with Crippen LogP contribution in [0.5, 0.6) is 11.5 Å². The lowest BCUT2D eigenvalue weighted by Gasteiger charge is -2.33. The molecule has 5 rings (SSSR count). The molecule has 31 heavy (non-hydrogen) atoms. The zero-order valence-electron chi connectivity index (χ0n) is 17.7. The Kier molecular flexibility index (Phi) is 4.73. The van der Waals surface area contributed by atoms with Gasteiger partial charge < -0.3 is 19.2 Å². The van der Waals surface area contributed by atoms with Gasteiger partial charge in [-0.25, -0.2) is 4.79 Å². The molecule has 2 heterocycles. The van der Waals surface area contributed by atoms with Crippen LogP contribution in [-0.4, -0.2) is 24.2 Å². The molecule has 2 aromatic carbocycles. The van der Waals surface area contributed by atoms with Crippen molar-refractivity contribution in [2.45, 2.75) is 51.2 Å². The molecule has 0 spiro atoms. The quantitative estimate of drug-likeness (QED) is 0.627. The second kappa shape index (κ2) is 7.45. The SMILES string of the molecule is CC1(C)CCc2c(cc(OCC(=O)NC3CC3)c3c(-c4ccccc4)cc(=O)oc23)O1. The number of nitrogens with one attached hydrogen (secondary N) is 1. The third kappa shape index (κ3) is 4.02. The molecule has 1 fully saturated rings. The third-order valence-corrected chi connectivity index (χ3v) is 5.79. The highest BCUT2D eigenvalue weighted by atomic mass is 16.5. The second-order valence-corrected chi connectivity index (χ2v) is 8.89. The number of carbonyl (C=O) groups excluding carboxylic acids is 1. The van der Waals surface area contributed by atoms with Gasteiger partial charge in [-0.3, -0.25) is 4.79 Å². The van der Waals surface area contributed by atoms with Crippen LogP contribution < -0.4 is 20.4 Å². The Morgan fingerprint density at radius 1 is 1.19 bits per heavy atom. The van der Waals surface area contributed by atoms with E-state index in [0.29, 0.717) is 22.5 Å². The van der Waals surface area contributed by atoms with Crippen LogP contribution in [0.15, 0.2) is 51.7 Å². The minimum atomic E-state index is -0.429. The highest BCUT2D eigenvalue weighted by molar-refractivity contribution is 6.00. The highest BCUT2D eigenvalue weighted by Crippen LogP contribution is 2.44. The van der Waals surface area contributed by atoms with E-state index in [9.17, 15) is 9.59 Å². The smallest absolute Gasteiger partial charge is 0.336 e. The van der Waals surface area contributed by atoms with Gasteiger partial charge in [0.1, 0.15) is 22.7 Å². The van der Waals surface area contributed by atoms with Crippen molar-refractivity contribution in [3.8, 4) is 22.6 Å². The fourth-order valence-corrected chi connectivity index (χ4v) is 4.04. The summed E-state index contributed by atoms with van der Waals surface area (Å²) >= 11 is 0. The molecule has 0 bridgehead atoms. The van der Waals surface area contributed by atoms with E-state index < -0.39 is 5.63 Å². The molecule has 0 unspecified atom stereocenters. The number of ether oxygens (including phenoxy) is 2. The molecule has 1 amide bonds. The molecule has 3 aromatic rings. The van der Waals surface area contributed by atoms with Crippen molar-refractivity contribution in [1.82, 2.24) is 5.32 Å². The van der Waals surface area contributed by atoms with E-state index in [1.54, 1.807) is 0 Å². The fraction of sp³-hybridized carbons (Fsp3) is 0.360. The summed E-state index contributed by atoms with van der Waals surface area (Å²) in [6.45, 7) is 3.95.